The third-order valence-electron chi connectivity index (χ3n) is 7.33. The van der Waals surface area contributed by atoms with Crippen molar-refractivity contribution >= 4 is 22.5 Å². The molecule has 0 saturated carbocycles. The zero-order chi connectivity index (χ0) is 24.1. The van der Waals surface area contributed by atoms with Gasteiger partial charge in [0, 0.05) is 29.5 Å². The number of anilines is 2. The van der Waals surface area contributed by atoms with Crippen LogP contribution in [-0.4, -0.2) is 7.05 Å². The van der Waals surface area contributed by atoms with Gasteiger partial charge in [0.2, 0.25) is 0 Å². The molecule has 3 aromatic carbocycles. The first-order valence-electron chi connectivity index (χ1n) is 12.1. The molecule has 170 valence electrons. The van der Waals surface area contributed by atoms with Crippen LogP contribution in [-0.2, 0) is 5.41 Å². The monoisotopic (exact) mass is 435 g/mol. The van der Waals surface area contributed by atoms with Gasteiger partial charge in [0.25, 0.3) is 0 Å². The largest absolute Gasteiger partial charge is 0.344 e. The highest BCUT2D eigenvalue weighted by molar-refractivity contribution is 5.98. The zero-order valence-corrected chi connectivity index (χ0v) is 21.3. The van der Waals surface area contributed by atoms with E-state index in [2.05, 4.69) is 121 Å². The molecule has 33 heavy (non-hydrogen) atoms. The van der Waals surface area contributed by atoms with Crippen molar-refractivity contribution < 1.29 is 0 Å². The maximum atomic E-state index is 4.65. The first-order valence-corrected chi connectivity index (χ1v) is 12.1. The zero-order valence-electron chi connectivity index (χ0n) is 21.3. The van der Waals surface area contributed by atoms with Gasteiger partial charge in [-0.15, -0.1) is 0 Å². The molecular weight excluding hydrogens is 398 g/mol. The molecule has 1 heteroatoms. The van der Waals surface area contributed by atoms with Crippen molar-refractivity contribution in [2.24, 2.45) is 0 Å². The van der Waals surface area contributed by atoms with Gasteiger partial charge in [-0.25, -0.2) is 0 Å². The van der Waals surface area contributed by atoms with E-state index in [9.17, 15) is 0 Å². The molecule has 0 aromatic heterocycles. The number of nitrogens with zero attached hydrogens (tertiary/aromatic N) is 1. The summed E-state index contributed by atoms with van der Waals surface area (Å²) in [6.45, 7) is 22.7. The molecule has 4 rings (SSSR count). The second kappa shape index (κ2) is 8.37. The molecule has 1 atom stereocenters. The van der Waals surface area contributed by atoms with Gasteiger partial charge in [-0.1, -0.05) is 84.2 Å². The molecule has 0 amide bonds. The SMILES string of the molecule is C=C(c1cc2c(cc1C)C(=C)c1ccccc1N2C)c1cc(C(C)(C)C)ccc1C(C)CC. The molecular formula is C32H37N. The molecule has 3 aromatic rings. The van der Waals surface area contributed by atoms with E-state index in [-0.39, 0.29) is 5.41 Å². The number of fused-ring (bicyclic) bond motifs is 2. The van der Waals surface area contributed by atoms with Crippen molar-refractivity contribution in [3.05, 3.63) is 107 Å². The fourth-order valence-corrected chi connectivity index (χ4v) is 4.92. The minimum atomic E-state index is 0.0928. The number of aryl methyl sites for hydroxylation is 1. The summed E-state index contributed by atoms with van der Waals surface area (Å²) in [5.74, 6) is 0.484. The number of rotatable bonds is 4. The number of hydrogen-bond donors (Lipinski definition) is 0. The Morgan fingerprint density at radius 1 is 0.939 bits per heavy atom. The fraction of sp³-hybridized carbons (Fsp3) is 0.312. The van der Waals surface area contributed by atoms with Gasteiger partial charge in [0.1, 0.15) is 0 Å². The Labute approximate surface area is 200 Å². The van der Waals surface area contributed by atoms with E-state index >= 15 is 0 Å². The van der Waals surface area contributed by atoms with Crippen LogP contribution in [0.2, 0.25) is 0 Å². The summed E-state index contributed by atoms with van der Waals surface area (Å²) >= 11 is 0. The average Bonchev–Trinajstić information content (AvgIpc) is 2.80. The lowest BCUT2D eigenvalue weighted by molar-refractivity contribution is 0.589. The highest BCUT2D eigenvalue weighted by Crippen LogP contribution is 2.46. The van der Waals surface area contributed by atoms with E-state index in [4.69, 9.17) is 0 Å². The van der Waals surface area contributed by atoms with E-state index in [1.54, 1.807) is 0 Å². The minimum absolute atomic E-state index is 0.0928. The van der Waals surface area contributed by atoms with Gasteiger partial charge in [-0.05, 0) is 81.8 Å². The van der Waals surface area contributed by atoms with E-state index in [1.807, 2.05) is 0 Å². The van der Waals surface area contributed by atoms with Gasteiger partial charge in [0.15, 0.2) is 0 Å². The van der Waals surface area contributed by atoms with Crippen LogP contribution in [0.1, 0.15) is 85.9 Å². The first-order chi connectivity index (χ1) is 15.5. The molecule has 1 aliphatic heterocycles. The summed E-state index contributed by atoms with van der Waals surface area (Å²) in [5.41, 5.74) is 13.6. The third kappa shape index (κ3) is 3.95. The Bertz CT molecular complexity index is 1250. The molecule has 0 radical (unpaired) electrons. The molecule has 1 aliphatic rings. The Kier molecular flexibility index (Phi) is 5.86. The maximum Gasteiger partial charge on any atom is 0.0494 e. The van der Waals surface area contributed by atoms with Crippen LogP contribution in [0.25, 0.3) is 11.1 Å². The number of para-hydroxylation sites is 1. The molecule has 0 saturated heterocycles. The van der Waals surface area contributed by atoms with Crippen molar-refractivity contribution in [1.29, 1.82) is 0 Å². The summed E-state index contributed by atoms with van der Waals surface area (Å²) in [7, 11) is 2.15. The highest BCUT2D eigenvalue weighted by Gasteiger charge is 2.25. The van der Waals surface area contributed by atoms with Crippen molar-refractivity contribution in [3.8, 4) is 0 Å². The standard InChI is InChI=1S/C32H37N/c1-10-20(2)25-16-15-24(32(6,7)8)18-28(25)23(5)27-19-31-29(17-21(27)3)22(4)26-13-11-12-14-30(26)33(31)9/h11-20H,4-5,10H2,1-3,6-9H3. The maximum absolute atomic E-state index is 4.65. The molecule has 0 N–H and O–H groups in total. The average molecular weight is 436 g/mol. The summed E-state index contributed by atoms with van der Waals surface area (Å²) in [5, 5.41) is 0. The van der Waals surface area contributed by atoms with E-state index in [1.165, 1.54) is 50.3 Å². The predicted octanol–water partition coefficient (Wildman–Crippen LogP) is 9.01. The van der Waals surface area contributed by atoms with Crippen molar-refractivity contribution in [3.63, 3.8) is 0 Å². The van der Waals surface area contributed by atoms with E-state index < -0.39 is 0 Å². The molecule has 0 bridgehead atoms. The van der Waals surface area contributed by atoms with Crippen LogP contribution in [0.3, 0.4) is 0 Å². The molecule has 0 fully saturated rings. The Hall–Kier alpha value is -3.06. The van der Waals surface area contributed by atoms with E-state index in [0.717, 1.165) is 17.6 Å². The summed E-state index contributed by atoms with van der Waals surface area (Å²) < 4.78 is 0. The molecule has 1 heterocycles. The quantitative estimate of drug-likeness (QED) is 0.395. The molecule has 0 spiro atoms. The lowest BCUT2D eigenvalue weighted by Gasteiger charge is -2.33. The number of hydrogen-bond acceptors (Lipinski definition) is 1. The first kappa shape index (κ1) is 23.1. The fourth-order valence-electron chi connectivity index (χ4n) is 4.92. The van der Waals surface area contributed by atoms with Gasteiger partial charge in [-0.3, -0.25) is 0 Å². The van der Waals surface area contributed by atoms with Gasteiger partial charge in [-0.2, -0.15) is 0 Å². The summed E-state index contributed by atoms with van der Waals surface area (Å²) in [6.07, 6.45) is 1.11. The smallest absolute Gasteiger partial charge is 0.0494 e. The lowest BCUT2D eigenvalue weighted by Crippen LogP contribution is -2.18. The van der Waals surface area contributed by atoms with Crippen LogP contribution in [0.5, 0.6) is 0 Å². The van der Waals surface area contributed by atoms with Crippen molar-refractivity contribution in [2.75, 3.05) is 11.9 Å². The van der Waals surface area contributed by atoms with Crippen LogP contribution in [0.15, 0.2) is 67.8 Å². The van der Waals surface area contributed by atoms with Gasteiger partial charge in [0.05, 0.1) is 0 Å². The van der Waals surface area contributed by atoms with E-state index in [0.29, 0.717) is 5.92 Å². The van der Waals surface area contributed by atoms with Gasteiger partial charge >= 0.3 is 0 Å². The van der Waals surface area contributed by atoms with Crippen LogP contribution in [0.4, 0.5) is 11.4 Å². The van der Waals surface area contributed by atoms with Crippen LogP contribution in [0, 0.1) is 6.92 Å². The van der Waals surface area contributed by atoms with Crippen molar-refractivity contribution in [2.45, 2.75) is 59.3 Å². The second-order valence-electron chi connectivity index (χ2n) is 10.6. The Morgan fingerprint density at radius 3 is 2.30 bits per heavy atom. The lowest BCUT2D eigenvalue weighted by atomic mass is 9.80. The normalized spacial score (nSPS) is 14.0. The van der Waals surface area contributed by atoms with Gasteiger partial charge < -0.3 is 4.90 Å². The summed E-state index contributed by atoms with van der Waals surface area (Å²) in [6, 6.07) is 20.1. The minimum Gasteiger partial charge on any atom is -0.344 e. The number of benzene rings is 3. The Morgan fingerprint density at radius 2 is 1.64 bits per heavy atom. The molecule has 0 aliphatic carbocycles. The topological polar surface area (TPSA) is 3.24 Å². The molecule has 1 nitrogen and oxygen atoms in total. The van der Waals surface area contributed by atoms with Crippen LogP contribution < -0.4 is 4.90 Å². The predicted molar refractivity (Wildman–Crippen MR) is 146 cm³/mol. The molecule has 1 unspecified atom stereocenters. The van der Waals surface area contributed by atoms with Crippen LogP contribution >= 0.6 is 0 Å². The second-order valence-corrected chi connectivity index (χ2v) is 10.6. The highest BCUT2D eigenvalue weighted by atomic mass is 15.1. The third-order valence-corrected chi connectivity index (χ3v) is 7.33. The Balaban J connectivity index is 1.88. The summed E-state index contributed by atoms with van der Waals surface area (Å²) in [4.78, 5) is 2.29. The van der Waals surface area contributed by atoms with Crippen molar-refractivity contribution in [1.82, 2.24) is 0 Å².